The van der Waals surface area contributed by atoms with Crippen molar-refractivity contribution in [1.82, 2.24) is 0 Å². The molecule has 0 unspecified atom stereocenters. The molecule has 1 saturated heterocycles. The number of rotatable bonds is 8. The van der Waals surface area contributed by atoms with E-state index in [4.69, 9.17) is 23.7 Å². The van der Waals surface area contributed by atoms with E-state index in [-0.39, 0.29) is 48.5 Å². The second-order valence-corrected chi connectivity index (χ2v) is 8.99. The second-order valence-electron chi connectivity index (χ2n) is 8.99. The smallest absolute Gasteiger partial charge is 0.157 e. The summed E-state index contributed by atoms with van der Waals surface area (Å²) in [5.41, 5.74) is 0.810. The first kappa shape index (κ1) is 21.9. The normalized spacial score (nSPS) is 38.3. The first-order chi connectivity index (χ1) is 14.6. The summed E-state index contributed by atoms with van der Waals surface area (Å²) in [6, 6.07) is 10.2. The fourth-order valence-corrected chi connectivity index (χ4v) is 6.11. The van der Waals surface area contributed by atoms with Gasteiger partial charge in [0, 0.05) is 38.4 Å². The van der Waals surface area contributed by atoms with Gasteiger partial charge in [0.25, 0.3) is 0 Å². The topological polar surface area (TPSA) is 63.2 Å². The van der Waals surface area contributed by atoms with Crippen LogP contribution in [-0.2, 0) is 35.1 Å². The van der Waals surface area contributed by atoms with Crippen LogP contribution in [-0.4, -0.2) is 51.9 Å². The fraction of sp³-hybridized carbons (Fsp3) is 0.708. The summed E-state index contributed by atoms with van der Waals surface area (Å²) in [7, 11) is 3.33. The molecule has 6 nitrogen and oxygen atoms in total. The van der Waals surface area contributed by atoms with Crippen molar-refractivity contribution in [3.8, 4) is 0 Å². The summed E-state index contributed by atoms with van der Waals surface area (Å²) in [4.78, 5) is 13.1. The maximum absolute atomic E-state index is 13.1. The van der Waals surface area contributed by atoms with Gasteiger partial charge in [0.2, 0.25) is 0 Å². The van der Waals surface area contributed by atoms with Gasteiger partial charge in [-0.3, -0.25) is 4.79 Å². The Balaban J connectivity index is 1.61. The van der Waals surface area contributed by atoms with Gasteiger partial charge in [0.05, 0.1) is 25.4 Å². The molecule has 0 bridgehead atoms. The Hall–Kier alpha value is -1.31. The number of carbonyl (C=O) groups excluding carboxylic acids is 1. The lowest BCUT2D eigenvalue weighted by molar-refractivity contribution is -0.300. The molecule has 1 aliphatic heterocycles. The molecule has 0 spiro atoms. The Kier molecular flexibility index (Phi) is 6.90. The molecule has 30 heavy (non-hydrogen) atoms. The predicted molar refractivity (Wildman–Crippen MR) is 111 cm³/mol. The van der Waals surface area contributed by atoms with E-state index in [0.29, 0.717) is 31.8 Å². The molecule has 7 atom stereocenters. The van der Waals surface area contributed by atoms with Crippen LogP contribution in [0.25, 0.3) is 0 Å². The monoisotopic (exact) mass is 418 g/mol. The molecule has 0 radical (unpaired) electrons. The van der Waals surface area contributed by atoms with Crippen LogP contribution in [0.3, 0.4) is 0 Å². The minimum atomic E-state index is -0.328. The third-order valence-electron chi connectivity index (χ3n) is 7.56. The van der Waals surface area contributed by atoms with Gasteiger partial charge in [-0.05, 0) is 30.2 Å². The molecule has 1 aromatic rings. The van der Waals surface area contributed by atoms with Crippen molar-refractivity contribution in [2.24, 2.45) is 23.2 Å². The number of hydrogen-bond donors (Lipinski definition) is 0. The minimum absolute atomic E-state index is 0.0134. The summed E-state index contributed by atoms with van der Waals surface area (Å²) in [5.74, 6) is 0.679. The Morgan fingerprint density at radius 3 is 2.70 bits per heavy atom. The molecular formula is C24H34O6. The van der Waals surface area contributed by atoms with Crippen molar-refractivity contribution in [3.05, 3.63) is 35.9 Å². The highest BCUT2D eigenvalue weighted by Crippen LogP contribution is 2.60. The molecule has 2 aliphatic carbocycles. The average molecular weight is 419 g/mol. The van der Waals surface area contributed by atoms with Gasteiger partial charge in [0.15, 0.2) is 6.29 Å². The zero-order valence-electron chi connectivity index (χ0n) is 18.3. The molecule has 3 fully saturated rings. The molecule has 1 aromatic carbocycles. The Labute approximate surface area is 179 Å². The Morgan fingerprint density at radius 1 is 1.17 bits per heavy atom. The molecule has 166 valence electrons. The van der Waals surface area contributed by atoms with Crippen LogP contribution in [0.1, 0.15) is 38.2 Å². The van der Waals surface area contributed by atoms with Crippen molar-refractivity contribution in [1.29, 1.82) is 0 Å². The highest BCUT2D eigenvalue weighted by Gasteiger charge is 2.64. The van der Waals surface area contributed by atoms with Crippen LogP contribution in [0.2, 0.25) is 0 Å². The van der Waals surface area contributed by atoms with Crippen molar-refractivity contribution < 1.29 is 28.5 Å². The largest absolute Gasteiger partial charge is 0.376 e. The standard InChI is InChI=1S/C24H34O6/c1-16-18-12-23(27-3)30-22-10-9-20(25)19(11-21(16)29-15-26-2)24(18,22)14-28-13-17-7-5-4-6-8-17/h4-8,16,18-19,21-23H,9-15H2,1-3H3/t16-,18+,19-,21-,22-,23+,24+/m1/s1. The highest BCUT2D eigenvalue weighted by molar-refractivity contribution is 5.83. The van der Waals surface area contributed by atoms with Crippen LogP contribution >= 0.6 is 0 Å². The number of Topliss-reactive ketones (excluding diaryl/α,β-unsaturated/α-hetero) is 1. The number of ketones is 1. The third-order valence-corrected chi connectivity index (χ3v) is 7.56. The van der Waals surface area contributed by atoms with E-state index in [1.807, 2.05) is 18.2 Å². The maximum Gasteiger partial charge on any atom is 0.157 e. The molecule has 1 heterocycles. The number of hydrogen-bond acceptors (Lipinski definition) is 6. The van der Waals surface area contributed by atoms with Crippen molar-refractivity contribution in [3.63, 3.8) is 0 Å². The highest BCUT2D eigenvalue weighted by atomic mass is 16.7. The lowest BCUT2D eigenvalue weighted by atomic mass is 9.48. The first-order valence-corrected chi connectivity index (χ1v) is 11.0. The quantitative estimate of drug-likeness (QED) is 0.602. The summed E-state index contributed by atoms with van der Waals surface area (Å²) in [6.07, 6.45) is 2.43. The van der Waals surface area contributed by atoms with Crippen LogP contribution in [0.4, 0.5) is 0 Å². The predicted octanol–water partition coefficient (Wildman–Crippen LogP) is 3.58. The first-order valence-electron chi connectivity index (χ1n) is 11.0. The molecular weight excluding hydrogens is 384 g/mol. The van der Waals surface area contributed by atoms with Gasteiger partial charge in [0.1, 0.15) is 12.6 Å². The zero-order chi connectivity index (χ0) is 21.1. The van der Waals surface area contributed by atoms with Crippen LogP contribution in [0.5, 0.6) is 0 Å². The summed E-state index contributed by atoms with van der Waals surface area (Å²) < 4.78 is 29.5. The van der Waals surface area contributed by atoms with Gasteiger partial charge in [-0.2, -0.15) is 0 Å². The minimum Gasteiger partial charge on any atom is -0.376 e. The van der Waals surface area contributed by atoms with E-state index in [1.165, 1.54) is 0 Å². The molecule has 0 amide bonds. The zero-order valence-corrected chi connectivity index (χ0v) is 18.3. The van der Waals surface area contributed by atoms with E-state index >= 15 is 0 Å². The van der Waals surface area contributed by atoms with Gasteiger partial charge < -0.3 is 23.7 Å². The van der Waals surface area contributed by atoms with Crippen molar-refractivity contribution in [2.75, 3.05) is 27.6 Å². The third kappa shape index (κ3) is 3.96. The van der Waals surface area contributed by atoms with Crippen LogP contribution in [0, 0.1) is 23.2 Å². The maximum atomic E-state index is 13.1. The Morgan fingerprint density at radius 2 is 1.97 bits per heavy atom. The summed E-state index contributed by atoms with van der Waals surface area (Å²) in [5, 5.41) is 0. The molecule has 4 rings (SSSR count). The number of methoxy groups -OCH3 is 2. The summed E-state index contributed by atoms with van der Waals surface area (Å²) >= 11 is 0. The van der Waals surface area contributed by atoms with E-state index in [2.05, 4.69) is 19.1 Å². The van der Waals surface area contributed by atoms with Gasteiger partial charge >= 0.3 is 0 Å². The SMILES string of the molecule is COCO[C@@H]1C[C@@H]2C(=O)CC[C@H]3O[C@H](OC)C[C@@H]([C@H]1C)[C@@]23COCc1ccccc1. The van der Waals surface area contributed by atoms with E-state index < -0.39 is 0 Å². The number of benzene rings is 1. The lowest BCUT2D eigenvalue weighted by Gasteiger charge is -2.62. The van der Waals surface area contributed by atoms with Gasteiger partial charge in [-0.1, -0.05) is 37.3 Å². The van der Waals surface area contributed by atoms with E-state index in [1.54, 1.807) is 14.2 Å². The van der Waals surface area contributed by atoms with Crippen LogP contribution in [0.15, 0.2) is 30.3 Å². The summed E-state index contributed by atoms with van der Waals surface area (Å²) in [6.45, 7) is 3.53. The van der Waals surface area contributed by atoms with Gasteiger partial charge in [-0.25, -0.2) is 0 Å². The lowest BCUT2D eigenvalue weighted by Crippen LogP contribution is -2.66. The van der Waals surface area contributed by atoms with Gasteiger partial charge in [-0.15, -0.1) is 0 Å². The number of carbonyl (C=O) groups is 1. The van der Waals surface area contributed by atoms with Crippen molar-refractivity contribution in [2.45, 2.75) is 57.7 Å². The molecule has 6 heteroatoms. The molecule has 3 aliphatic rings. The second kappa shape index (κ2) is 9.45. The molecule has 0 N–H and O–H groups in total. The van der Waals surface area contributed by atoms with E-state index in [9.17, 15) is 4.79 Å². The number of ether oxygens (including phenoxy) is 5. The Bertz CT molecular complexity index is 709. The fourth-order valence-electron chi connectivity index (χ4n) is 6.11. The molecule has 2 saturated carbocycles. The average Bonchev–Trinajstić information content (AvgIpc) is 2.77. The van der Waals surface area contributed by atoms with E-state index in [0.717, 1.165) is 18.4 Å². The van der Waals surface area contributed by atoms with Crippen LogP contribution < -0.4 is 0 Å². The molecule has 0 aromatic heterocycles. The van der Waals surface area contributed by atoms with Crippen molar-refractivity contribution >= 4 is 5.78 Å².